The number of ether oxygens (including phenoxy) is 2. The van der Waals surface area contributed by atoms with Gasteiger partial charge < -0.3 is 49.7 Å². The first-order valence-corrected chi connectivity index (χ1v) is 16.3. The monoisotopic (exact) mass is 734 g/mol. The molecule has 3 aliphatic rings. The minimum atomic E-state index is -1.34. The van der Waals surface area contributed by atoms with Crippen LogP contribution in [0.15, 0.2) is 81.3 Å². The molecule has 6 rings (SSSR count). The van der Waals surface area contributed by atoms with Crippen molar-refractivity contribution >= 4 is 52.4 Å². The molecule has 2 aromatic carbocycles. The summed E-state index contributed by atoms with van der Waals surface area (Å²) in [7, 11) is 1.40. The molecule has 0 spiro atoms. The van der Waals surface area contributed by atoms with Crippen molar-refractivity contribution in [2.24, 2.45) is 5.92 Å². The van der Waals surface area contributed by atoms with Crippen LogP contribution in [0.1, 0.15) is 28.9 Å². The van der Waals surface area contributed by atoms with Gasteiger partial charge in [0.15, 0.2) is 30.2 Å². The lowest BCUT2D eigenvalue weighted by atomic mass is 9.99. The third kappa shape index (κ3) is 7.62. The number of hydrogen-bond acceptors (Lipinski definition) is 14. The lowest BCUT2D eigenvalue weighted by Gasteiger charge is -2.48. The number of carbonyl (C=O) groups excluding carboxylic acids is 4. The fourth-order valence-electron chi connectivity index (χ4n) is 5.27. The number of carboxylic acids is 2. The number of amides is 3. The summed E-state index contributed by atoms with van der Waals surface area (Å²) < 4.78 is 15.6. The molecular formula is C34H30N4O13S. The number of thioether (sulfide) groups is 1. The van der Waals surface area contributed by atoms with E-state index in [9.17, 15) is 44.1 Å². The second-order valence-corrected chi connectivity index (χ2v) is 12.4. The predicted octanol–water partition coefficient (Wildman–Crippen LogP) is 0.204. The first-order chi connectivity index (χ1) is 24.8. The largest absolute Gasteiger partial charge is 0.543 e. The second-order valence-electron chi connectivity index (χ2n) is 11.2. The Balaban J connectivity index is 0.000000335. The quantitative estimate of drug-likeness (QED) is 0.0924. The van der Waals surface area contributed by atoms with Gasteiger partial charge in [0.25, 0.3) is 11.8 Å². The Morgan fingerprint density at radius 3 is 2.56 bits per heavy atom. The van der Waals surface area contributed by atoms with Gasteiger partial charge in [0, 0.05) is 5.75 Å². The number of dihydropyridines is 1. The lowest BCUT2D eigenvalue weighted by Crippen LogP contribution is -2.60. The van der Waals surface area contributed by atoms with E-state index < -0.39 is 58.9 Å². The maximum absolute atomic E-state index is 13.4. The number of β-lactam (4-membered cyclic amide) rings is 1. The summed E-state index contributed by atoms with van der Waals surface area (Å²) in [5.74, 6) is -4.31. The highest BCUT2D eigenvalue weighted by Crippen LogP contribution is 2.40. The van der Waals surface area contributed by atoms with E-state index in [-0.39, 0.29) is 57.5 Å². The van der Waals surface area contributed by atoms with Gasteiger partial charge in [-0.05, 0) is 35.9 Å². The van der Waals surface area contributed by atoms with Gasteiger partial charge in [-0.1, -0.05) is 19.1 Å². The van der Waals surface area contributed by atoms with Crippen LogP contribution in [0.25, 0.3) is 11.0 Å². The van der Waals surface area contributed by atoms with Crippen molar-refractivity contribution < 1.29 is 58.3 Å². The number of carboxylic acid groups (broad SMARTS) is 2. The third-order valence-electron chi connectivity index (χ3n) is 7.91. The fraction of sp³-hybridized carbons (Fsp3) is 0.235. The van der Waals surface area contributed by atoms with Gasteiger partial charge in [0.2, 0.25) is 22.8 Å². The maximum atomic E-state index is 13.4. The van der Waals surface area contributed by atoms with Gasteiger partial charge in [-0.3, -0.25) is 24.1 Å². The van der Waals surface area contributed by atoms with Crippen molar-refractivity contribution in [2.75, 3.05) is 26.0 Å². The number of benzene rings is 2. The van der Waals surface area contributed by atoms with Crippen molar-refractivity contribution in [1.82, 2.24) is 20.9 Å². The Bertz CT molecular complexity index is 2090. The van der Waals surface area contributed by atoms with Crippen LogP contribution in [0.2, 0.25) is 0 Å². The van der Waals surface area contributed by atoms with Gasteiger partial charge in [0.1, 0.15) is 30.2 Å². The second kappa shape index (κ2) is 15.6. The first kappa shape index (κ1) is 36.8. The number of aromatic hydroxyl groups is 2. The molecule has 18 heteroatoms. The zero-order chi connectivity index (χ0) is 37.7. The molecule has 1 fully saturated rings. The van der Waals surface area contributed by atoms with Crippen LogP contribution in [0.3, 0.4) is 0 Å². The first-order valence-electron chi connectivity index (χ1n) is 15.3. The number of phenolic OH excluding ortho intramolecular Hbond substituents is 2. The molecule has 0 bridgehead atoms. The average molecular weight is 735 g/mol. The van der Waals surface area contributed by atoms with E-state index in [0.29, 0.717) is 11.4 Å². The summed E-state index contributed by atoms with van der Waals surface area (Å²) in [5, 5.41) is 46.9. The topological polar surface area (TPSA) is 257 Å². The average Bonchev–Trinajstić information content (AvgIpc) is 3.14. The lowest BCUT2D eigenvalue weighted by molar-refractivity contribution is -0.301. The maximum Gasteiger partial charge on any atom is 0.373 e. The van der Waals surface area contributed by atoms with E-state index >= 15 is 0 Å². The number of phenols is 2. The van der Waals surface area contributed by atoms with Gasteiger partial charge in [-0.15, -0.1) is 11.8 Å². The Kier molecular flexibility index (Phi) is 11.0. The summed E-state index contributed by atoms with van der Waals surface area (Å²) in [6.07, 6.45) is 6.65. The summed E-state index contributed by atoms with van der Waals surface area (Å²) in [4.78, 5) is 73.5. The summed E-state index contributed by atoms with van der Waals surface area (Å²) in [6, 6.07) is 6.65. The van der Waals surface area contributed by atoms with E-state index in [1.807, 2.05) is 6.92 Å². The molecule has 6 N–H and O–H groups in total. The molecule has 1 saturated heterocycles. The highest BCUT2D eigenvalue weighted by atomic mass is 32.2. The van der Waals surface area contributed by atoms with Crippen LogP contribution in [0, 0.1) is 12.0 Å². The number of hydrogen-bond donors (Lipinski definition) is 6. The third-order valence-corrected chi connectivity index (χ3v) is 9.23. The summed E-state index contributed by atoms with van der Waals surface area (Å²) in [6.45, 7) is 1.44. The minimum Gasteiger partial charge on any atom is -0.543 e. The number of rotatable bonds is 10. The van der Waals surface area contributed by atoms with Crippen molar-refractivity contribution in [2.45, 2.75) is 18.3 Å². The van der Waals surface area contributed by atoms with E-state index in [1.165, 1.54) is 54.6 Å². The van der Waals surface area contributed by atoms with E-state index in [0.717, 1.165) is 12.3 Å². The predicted molar refractivity (Wildman–Crippen MR) is 179 cm³/mol. The van der Waals surface area contributed by atoms with Crippen molar-refractivity contribution in [3.8, 4) is 17.2 Å². The highest BCUT2D eigenvalue weighted by molar-refractivity contribution is 8.00. The normalized spacial score (nSPS) is 17.8. The summed E-state index contributed by atoms with van der Waals surface area (Å²) in [5.41, 5.74) is -0.923. The number of methoxy groups -OCH3 is 1. The number of nitrogens with one attached hydrogen (secondary N) is 3. The van der Waals surface area contributed by atoms with E-state index in [1.54, 1.807) is 11.8 Å². The molecule has 1 aromatic heterocycles. The van der Waals surface area contributed by atoms with Gasteiger partial charge >= 0.3 is 11.7 Å². The Hall–Kier alpha value is -6.52. The zero-order valence-electron chi connectivity index (χ0n) is 27.3. The molecule has 0 aliphatic carbocycles. The number of carbonyl (C=O) groups is 5. The van der Waals surface area contributed by atoms with Gasteiger partial charge in [-0.25, -0.2) is 10.1 Å². The molecule has 3 aromatic rings. The minimum absolute atomic E-state index is 0.00500. The van der Waals surface area contributed by atoms with Crippen LogP contribution in [0.5, 0.6) is 17.2 Å². The number of nitrogens with zero attached hydrogens (tertiary/aromatic N) is 1. The van der Waals surface area contributed by atoms with Crippen LogP contribution < -0.4 is 31.2 Å². The zero-order valence-corrected chi connectivity index (χ0v) is 28.1. The van der Waals surface area contributed by atoms with E-state index in [4.69, 9.17) is 19.0 Å². The Labute approximate surface area is 298 Å². The van der Waals surface area contributed by atoms with Crippen LogP contribution in [0.4, 0.5) is 0 Å². The molecule has 0 saturated carbocycles. The van der Waals surface area contributed by atoms with Crippen molar-refractivity contribution in [3.05, 3.63) is 99.5 Å². The molecule has 3 amide bonds. The van der Waals surface area contributed by atoms with Gasteiger partial charge in [0.05, 0.1) is 35.5 Å². The SMILES string of the molecule is COC1=C(NC(=O)C(NC(=O)c2coc3c(O)c(O)ccc3c2=O)c2ccc(OCC(=O)O)cc2)CNC=[C+]1.C[C@H]1C(=O)N2C(C(=O)[O-])=CCS[C@@H]12. The van der Waals surface area contributed by atoms with E-state index in [2.05, 4.69) is 22.0 Å². The Morgan fingerprint density at radius 1 is 1.15 bits per heavy atom. The smallest absolute Gasteiger partial charge is 0.373 e. The Morgan fingerprint density at radius 2 is 1.88 bits per heavy atom. The van der Waals surface area contributed by atoms with Crippen LogP contribution >= 0.6 is 11.8 Å². The molecule has 52 heavy (non-hydrogen) atoms. The molecule has 3 aliphatic heterocycles. The van der Waals surface area contributed by atoms with Crippen LogP contribution in [-0.2, 0) is 23.9 Å². The van der Waals surface area contributed by atoms with Crippen molar-refractivity contribution in [1.29, 1.82) is 0 Å². The molecule has 17 nitrogen and oxygen atoms in total. The summed E-state index contributed by atoms with van der Waals surface area (Å²) >= 11 is 1.58. The number of allylic oxidation sites excluding steroid dienone is 1. The number of fused-ring (bicyclic) bond motifs is 2. The van der Waals surface area contributed by atoms with Gasteiger partial charge in [-0.2, -0.15) is 0 Å². The molecule has 1 unspecified atom stereocenters. The molecule has 4 heterocycles. The molecule has 0 radical (unpaired) electrons. The number of aliphatic carboxylic acids is 2. The molecule has 3 atom stereocenters. The molecule has 270 valence electrons. The fourth-order valence-corrected chi connectivity index (χ4v) is 6.50. The van der Waals surface area contributed by atoms with Crippen molar-refractivity contribution in [3.63, 3.8) is 0 Å². The standard InChI is InChI=1S/C26H21N3O10.C8H9NO3S/c1-37-19-8-9-27-10-17(19)28-26(36)21(13-2-4-14(5-3-13)38-12-20(31)32)29-25(35)16-11-39-24-15(22(16)33)6-7-18(30)23(24)34;1-4-6(10)9-5(8(11)12)2-3-13-7(4)9/h2-7,9,11,21,27H,10,12H2,1H3,(H4-,28,29,30,31,32,33,34,35,36);2,4,7H,3H2,1H3,(H,11,12)/t;4-,7-/m.0/s1. The highest BCUT2D eigenvalue weighted by Gasteiger charge is 2.47. The van der Waals surface area contributed by atoms with Crippen LogP contribution in [-0.4, -0.2) is 81.3 Å². The molecular weight excluding hydrogens is 704 g/mol.